The summed E-state index contributed by atoms with van der Waals surface area (Å²) in [6, 6.07) is 1.12. The molecule has 0 aliphatic carbocycles. The predicted octanol–water partition coefficient (Wildman–Crippen LogP) is 1.19. The number of hydrogen-bond donors (Lipinski definition) is 2. The molecule has 0 aliphatic heterocycles. The van der Waals surface area contributed by atoms with Crippen molar-refractivity contribution in [3.05, 3.63) is 29.8 Å². The Morgan fingerprint density at radius 2 is 2.13 bits per heavy atom. The van der Waals surface area contributed by atoms with Crippen molar-refractivity contribution >= 4 is 30.8 Å². The van der Waals surface area contributed by atoms with Gasteiger partial charge in [0.1, 0.15) is 5.82 Å². The number of nitrogens with two attached hydrogens (primary N) is 1. The molecule has 0 aromatic carbocycles. The average Bonchev–Trinajstić information content (AvgIpc) is 2.04. The molecule has 0 saturated carbocycles. The van der Waals surface area contributed by atoms with Gasteiger partial charge in [-0.05, 0) is 11.6 Å². The predicted molar refractivity (Wildman–Crippen MR) is 58.1 cm³/mol. The summed E-state index contributed by atoms with van der Waals surface area (Å²) in [4.78, 5) is 14.2. The van der Waals surface area contributed by atoms with E-state index in [2.05, 4.69) is 4.98 Å². The van der Waals surface area contributed by atoms with Gasteiger partial charge in [0.15, 0.2) is 0 Å². The van der Waals surface area contributed by atoms with Crippen LogP contribution in [0.4, 0.5) is 4.39 Å². The van der Waals surface area contributed by atoms with Crippen molar-refractivity contribution in [2.24, 2.45) is 5.73 Å². The van der Waals surface area contributed by atoms with Gasteiger partial charge in [-0.3, -0.25) is 9.78 Å². The maximum absolute atomic E-state index is 12.6. The largest absolute Gasteiger partial charge is 0.481 e. The van der Waals surface area contributed by atoms with Crippen molar-refractivity contribution in [3.63, 3.8) is 0 Å². The topological polar surface area (TPSA) is 76.2 Å². The molecule has 0 aliphatic rings. The fourth-order valence-corrected chi connectivity index (χ4v) is 0.998. The van der Waals surface area contributed by atoms with E-state index in [0.717, 1.165) is 12.3 Å². The third kappa shape index (κ3) is 4.42. The standard InChI is InChI=1S/C8H9FN2O2.2ClH/c9-6-1-5(3-11-4-6)7(2-10)8(12)13;;/h1,3-4,7H,2,10H2,(H,12,13);2*1H. The smallest absolute Gasteiger partial charge is 0.312 e. The van der Waals surface area contributed by atoms with E-state index in [1.54, 1.807) is 0 Å². The van der Waals surface area contributed by atoms with Gasteiger partial charge in [-0.25, -0.2) is 4.39 Å². The molecule has 1 heterocycles. The van der Waals surface area contributed by atoms with E-state index >= 15 is 0 Å². The van der Waals surface area contributed by atoms with Gasteiger partial charge in [-0.2, -0.15) is 0 Å². The number of nitrogens with zero attached hydrogens (tertiary/aromatic N) is 1. The van der Waals surface area contributed by atoms with Crippen LogP contribution in [0.5, 0.6) is 0 Å². The molecule has 86 valence electrons. The molecule has 0 spiro atoms. The lowest BCUT2D eigenvalue weighted by Crippen LogP contribution is -2.21. The zero-order valence-electron chi connectivity index (χ0n) is 7.59. The van der Waals surface area contributed by atoms with Crippen LogP contribution in [0.25, 0.3) is 0 Å². The van der Waals surface area contributed by atoms with Gasteiger partial charge >= 0.3 is 5.97 Å². The lowest BCUT2D eigenvalue weighted by molar-refractivity contribution is -0.138. The number of carboxylic acid groups (broad SMARTS) is 1. The minimum atomic E-state index is -1.07. The molecule has 1 atom stereocenters. The first kappa shape index (κ1) is 16.5. The SMILES string of the molecule is Cl.Cl.NCC(C(=O)O)c1cncc(F)c1. The highest BCUT2D eigenvalue weighted by Gasteiger charge is 2.18. The molecule has 3 N–H and O–H groups in total. The zero-order chi connectivity index (χ0) is 9.84. The fraction of sp³-hybridized carbons (Fsp3) is 0.250. The van der Waals surface area contributed by atoms with Crippen LogP contribution in [-0.4, -0.2) is 22.6 Å². The summed E-state index contributed by atoms with van der Waals surface area (Å²) in [5.74, 6) is -2.52. The van der Waals surface area contributed by atoms with Crippen LogP contribution in [0.3, 0.4) is 0 Å². The van der Waals surface area contributed by atoms with E-state index in [1.807, 2.05) is 0 Å². The number of carboxylic acids is 1. The molecule has 0 radical (unpaired) electrons. The molecule has 1 aromatic heterocycles. The molecule has 1 aromatic rings. The summed E-state index contributed by atoms with van der Waals surface area (Å²) in [6.07, 6.45) is 2.31. The Morgan fingerprint density at radius 3 is 2.53 bits per heavy atom. The summed E-state index contributed by atoms with van der Waals surface area (Å²) in [6.45, 7) is -0.0690. The first-order valence-electron chi connectivity index (χ1n) is 3.68. The van der Waals surface area contributed by atoms with Crippen LogP contribution in [0.2, 0.25) is 0 Å². The van der Waals surface area contributed by atoms with Gasteiger partial charge in [0.2, 0.25) is 0 Å². The number of rotatable bonds is 3. The van der Waals surface area contributed by atoms with E-state index in [0.29, 0.717) is 0 Å². The van der Waals surface area contributed by atoms with Crippen molar-refractivity contribution in [1.82, 2.24) is 4.98 Å². The number of pyridine rings is 1. The summed E-state index contributed by atoms with van der Waals surface area (Å²) in [7, 11) is 0. The van der Waals surface area contributed by atoms with Crippen molar-refractivity contribution in [2.45, 2.75) is 5.92 Å². The summed E-state index contributed by atoms with van der Waals surface area (Å²) in [5.41, 5.74) is 5.51. The van der Waals surface area contributed by atoms with Crippen molar-refractivity contribution < 1.29 is 14.3 Å². The maximum Gasteiger partial charge on any atom is 0.312 e. The first-order chi connectivity index (χ1) is 6.15. The van der Waals surface area contributed by atoms with E-state index in [9.17, 15) is 9.18 Å². The van der Waals surface area contributed by atoms with Crippen LogP contribution in [0.1, 0.15) is 11.5 Å². The number of halogens is 3. The highest BCUT2D eigenvalue weighted by molar-refractivity contribution is 5.85. The first-order valence-corrected chi connectivity index (χ1v) is 3.68. The van der Waals surface area contributed by atoms with Gasteiger partial charge in [-0.15, -0.1) is 24.8 Å². The van der Waals surface area contributed by atoms with Crippen molar-refractivity contribution in [3.8, 4) is 0 Å². The van der Waals surface area contributed by atoms with E-state index in [4.69, 9.17) is 10.8 Å². The van der Waals surface area contributed by atoms with Crippen molar-refractivity contribution in [2.75, 3.05) is 6.54 Å². The Kier molecular flexibility index (Phi) is 8.14. The molecule has 0 fully saturated rings. The van der Waals surface area contributed by atoms with Crippen molar-refractivity contribution in [1.29, 1.82) is 0 Å². The molecule has 0 saturated heterocycles. The zero-order valence-corrected chi connectivity index (χ0v) is 9.22. The molecule has 0 bridgehead atoms. The Hall–Kier alpha value is -0.910. The lowest BCUT2D eigenvalue weighted by Gasteiger charge is -2.08. The van der Waals surface area contributed by atoms with Gasteiger partial charge < -0.3 is 10.8 Å². The Bertz CT molecular complexity index is 325. The lowest BCUT2D eigenvalue weighted by atomic mass is 10.0. The number of aliphatic carboxylic acids is 1. The number of carbonyl (C=O) groups is 1. The molecular formula is C8H11Cl2FN2O2. The van der Waals surface area contributed by atoms with E-state index in [1.165, 1.54) is 6.20 Å². The molecule has 7 heteroatoms. The molecule has 0 amide bonds. The third-order valence-electron chi connectivity index (χ3n) is 1.66. The van der Waals surface area contributed by atoms with Crippen LogP contribution in [0.15, 0.2) is 18.5 Å². The molecule has 1 unspecified atom stereocenters. The molecule has 1 rings (SSSR count). The summed E-state index contributed by atoms with van der Waals surface area (Å²) >= 11 is 0. The van der Waals surface area contributed by atoms with Gasteiger partial charge in [-0.1, -0.05) is 0 Å². The van der Waals surface area contributed by atoms with Gasteiger partial charge in [0.25, 0.3) is 0 Å². The Balaban J connectivity index is 0. The average molecular weight is 257 g/mol. The molecule has 4 nitrogen and oxygen atoms in total. The summed E-state index contributed by atoms with van der Waals surface area (Å²) < 4.78 is 12.6. The monoisotopic (exact) mass is 256 g/mol. The van der Waals surface area contributed by atoms with E-state index in [-0.39, 0.29) is 36.9 Å². The van der Waals surface area contributed by atoms with Crippen LogP contribution < -0.4 is 5.73 Å². The van der Waals surface area contributed by atoms with Crippen LogP contribution in [-0.2, 0) is 4.79 Å². The summed E-state index contributed by atoms with van der Waals surface area (Å²) in [5, 5.41) is 8.69. The number of hydrogen-bond acceptors (Lipinski definition) is 3. The quantitative estimate of drug-likeness (QED) is 0.852. The fourth-order valence-electron chi connectivity index (χ4n) is 0.998. The van der Waals surface area contributed by atoms with E-state index < -0.39 is 17.7 Å². The third-order valence-corrected chi connectivity index (χ3v) is 1.66. The second-order valence-corrected chi connectivity index (χ2v) is 2.56. The number of aromatic nitrogens is 1. The Morgan fingerprint density at radius 1 is 1.53 bits per heavy atom. The molecular weight excluding hydrogens is 246 g/mol. The van der Waals surface area contributed by atoms with Crippen LogP contribution >= 0.6 is 24.8 Å². The maximum atomic E-state index is 12.6. The molecule has 15 heavy (non-hydrogen) atoms. The van der Waals surface area contributed by atoms with Crippen LogP contribution in [0, 0.1) is 5.82 Å². The van der Waals surface area contributed by atoms with Gasteiger partial charge in [0, 0.05) is 12.7 Å². The second-order valence-electron chi connectivity index (χ2n) is 2.56. The highest BCUT2D eigenvalue weighted by atomic mass is 35.5. The minimum Gasteiger partial charge on any atom is -0.481 e. The van der Waals surface area contributed by atoms with Gasteiger partial charge in [0.05, 0.1) is 12.1 Å². The Labute approximate surface area is 98.5 Å². The minimum absolute atomic E-state index is 0. The highest BCUT2D eigenvalue weighted by Crippen LogP contribution is 2.14. The normalized spacial score (nSPS) is 10.8. The second kappa shape index (κ2) is 7.39.